The van der Waals surface area contributed by atoms with Crippen molar-refractivity contribution < 1.29 is 9.21 Å². The number of fused-ring (bicyclic) bond motifs is 1. The molecule has 1 saturated carbocycles. The van der Waals surface area contributed by atoms with Gasteiger partial charge in [0.05, 0.1) is 5.56 Å². The monoisotopic (exact) mass is 365 g/mol. The highest BCUT2D eigenvalue weighted by Crippen LogP contribution is 2.29. The first-order valence-corrected chi connectivity index (χ1v) is 9.49. The Morgan fingerprint density at radius 2 is 1.96 bits per heavy atom. The number of furan rings is 1. The summed E-state index contributed by atoms with van der Waals surface area (Å²) in [7, 11) is 0. The van der Waals surface area contributed by atoms with Crippen LogP contribution >= 0.6 is 0 Å². The van der Waals surface area contributed by atoms with E-state index in [-0.39, 0.29) is 34.2 Å². The van der Waals surface area contributed by atoms with Crippen LogP contribution in [0.1, 0.15) is 60.3 Å². The van der Waals surface area contributed by atoms with E-state index in [9.17, 15) is 9.59 Å². The molecule has 1 aromatic carbocycles. The predicted molar refractivity (Wildman–Crippen MR) is 104 cm³/mol. The molecule has 1 amide bonds. The van der Waals surface area contributed by atoms with E-state index in [1.165, 1.54) is 5.56 Å². The van der Waals surface area contributed by atoms with Gasteiger partial charge in [0, 0.05) is 11.7 Å². The molecule has 0 spiro atoms. The molecule has 0 radical (unpaired) electrons. The molecule has 0 aliphatic heterocycles. The summed E-state index contributed by atoms with van der Waals surface area (Å²) in [5.74, 6) is 0.0556. The number of hydrogen-bond acceptors (Lipinski definition) is 4. The fourth-order valence-corrected chi connectivity index (χ4v) is 3.85. The average Bonchev–Trinajstić information content (AvgIpc) is 3.30. The first-order valence-electron chi connectivity index (χ1n) is 9.49. The zero-order chi connectivity index (χ0) is 19.0. The van der Waals surface area contributed by atoms with Gasteiger partial charge in [-0.25, -0.2) is 4.98 Å². The Kier molecular flexibility index (Phi) is 4.56. The Balaban J connectivity index is 1.73. The summed E-state index contributed by atoms with van der Waals surface area (Å²) in [6.45, 7) is 3.77. The Morgan fingerprint density at radius 3 is 2.63 bits per heavy atom. The summed E-state index contributed by atoms with van der Waals surface area (Å²) in [6.07, 6.45) is 6.65. The van der Waals surface area contributed by atoms with E-state index in [1.54, 1.807) is 17.8 Å². The number of nitrogens with one attached hydrogen (secondary N) is 1. The molecule has 0 atom stereocenters. The Morgan fingerprint density at radius 1 is 1.26 bits per heavy atom. The Labute approximate surface area is 157 Å². The summed E-state index contributed by atoms with van der Waals surface area (Å²) >= 11 is 0. The fourth-order valence-electron chi connectivity index (χ4n) is 3.85. The molecule has 140 valence electrons. The second-order valence-corrected chi connectivity index (χ2v) is 7.11. The molecule has 2 aromatic heterocycles. The van der Waals surface area contributed by atoms with Gasteiger partial charge in [0.1, 0.15) is 17.5 Å². The summed E-state index contributed by atoms with van der Waals surface area (Å²) < 4.78 is 7.27. The molecule has 4 rings (SSSR count). The van der Waals surface area contributed by atoms with Crippen LogP contribution in [0.5, 0.6) is 0 Å². The highest BCUT2D eigenvalue weighted by atomic mass is 16.3. The number of rotatable bonds is 4. The van der Waals surface area contributed by atoms with Gasteiger partial charge in [-0.15, -0.1) is 0 Å². The largest absolute Gasteiger partial charge is 0.442 e. The third-order valence-electron chi connectivity index (χ3n) is 5.38. The van der Waals surface area contributed by atoms with Crippen molar-refractivity contribution in [2.75, 3.05) is 5.32 Å². The first-order chi connectivity index (χ1) is 13.1. The van der Waals surface area contributed by atoms with Gasteiger partial charge in [-0.3, -0.25) is 14.2 Å². The lowest BCUT2D eigenvalue weighted by Crippen LogP contribution is -2.25. The van der Waals surface area contributed by atoms with E-state index in [1.807, 2.05) is 24.3 Å². The van der Waals surface area contributed by atoms with Crippen molar-refractivity contribution in [1.29, 1.82) is 0 Å². The van der Waals surface area contributed by atoms with Crippen molar-refractivity contribution in [3.05, 3.63) is 57.8 Å². The highest BCUT2D eigenvalue weighted by Gasteiger charge is 2.25. The van der Waals surface area contributed by atoms with Crippen LogP contribution in [0.25, 0.3) is 11.1 Å². The molecule has 1 N–H and O–H groups in total. The topological polar surface area (TPSA) is 77.1 Å². The molecule has 1 aliphatic rings. The minimum Gasteiger partial charge on any atom is -0.442 e. The summed E-state index contributed by atoms with van der Waals surface area (Å²) in [6, 6.07) is 7.84. The number of amides is 1. The number of carbonyl (C=O) groups excluding carboxylic acids is 1. The normalized spacial score (nSPS) is 14.7. The SMILES string of the molecule is CCc1ccc(NC(=O)c2c(C)oc3ncn(C4CCCC4)c(=O)c23)cc1. The molecule has 27 heavy (non-hydrogen) atoms. The van der Waals surface area contributed by atoms with E-state index < -0.39 is 0 Å². The first kappa shape index (κ1) is 17.5. The number of aromatic nitrogens is 2. The summed E-state index contributed by atoms with van der Waals surface area (Å²) in [5.41, 5.74) is 2.18. The lowest BCUT2D eigenvalue weighted by Gasteiger charge is -2.12. The van der Waals surface area contributed by atoms with Gasteiger partial charge in [-0.2, -0.15) is 0 Å². The zero-order valence-electron chi connectivity index (χ0n) is 15.6. The van der Waals surface area contributed by atoms with Crippen molar-refractivity contribution in [2.24, 2.45) is 0 Å². The predicted octanol–water partition coefficient (Wildman–Crippen LogP) is 4.23. The number of benzene rings is 1. The lowest BCUT2D eigenvalue weighted by molar-refractivity contribution is 0.102. The molecule has 3 aromatic rings. The number of aryl methyl sites for hydroxylation is 2. The van der Waals surface area contributed by atoms with E-state index in [2.05, 4.69) is 17.2 Å². The molecule has 2 heterocycles. The van der Waals surface area contributed by atoms with Crippen LogP contribution in [-0.4, -0.2) is 15.5 Å². The number of nitrogens with zero attached hydrogens (tertiary/aromatic N) is 2. The molecule has 6 heteroatoms. The summed E-state index contributed by atoms with van der Waals surface area (Å²) in [5, 5.41) is 3.14. The molecule has 6 nitrogen and oxygen atoms in total. The van der Waals surface area contributed by atoms with Crippen molar-refractivity contribution in [2.45, 2.75) is 52.0 Å². The third kappa shape index (κ3) is 3.16. The van der Waals surface area contributed by atoms with Gasteiger partial charge in [0.25, 0.3) is 11.5 Å². The smallest absolute Gasteiger partial charge is 0.265 e. The zero-order valence-corrected chi connectivity index (χ0v) is 15.6. The standard InChI is InChI=1S/C21H23N3O3/c1-3-14-8-10-15(11-9-14)23-19(25)17-13(2)27-20-18(17)21(26)24(12-22-20)16-6-4-5-7-16/h8-12,16H,3-7H2,1-2H3,(H,23,25). The van der Waals surface area contributed by atoms with Gasteiger partial charge in [0.15, 0.2) is 0 Å². The second kappa shape index (κ2) is 7.02. The molecule has 0 bridgehead atoms. The van der Waals surface area contributed by atoms with E-state index in [0.29, 0.717) is 11.4 Å². The maximum absolute atomic E-state index is 13.1. The van der Waals surface area contributed by atoms with Crippen molar-refractivity contribution >= 4 is 22.7 Å². The van der Waals surface area contributed by atoms with Gasteiger partial charge >= 0.3 is 0 Å². The molecular weight excluding hydrogens is 342 g/mol. The Bertz CT molecular complexity index is 1040. The van der Waals surface area contributed by atoms with E-state index in [4.69, 9.17) is 4.42 Å². The van der Waals surface area contributed by atoms with Crippen LogP contribution in [0.3, 0.4) is 0 Å². The van der Waals surface area contributed by atoms with Gasteiger partial charge < -0.3 is 9.73 Å². The minimum absolute atomic E-state index is 0.155. The molecule has 1 aliphatic carbocycles. The number of anilines is 1. The van der Waals surface area contributed by atoms with Crippen molar-refractivity contribution in [3.63, 3.8) is 0 Å². The summed E-state index contributed by atoms with van der Waals surface area (Å²) in [4.78, 5) is 30.3. The number of hydrogen-bond donors (Lipinski definition) is 1. The minimum atomic E-state index is -0.349. The highest BCUT2D eigenvalue weighted by molar-refractivity contribution is 6.12. The van der Waals surface area contributed by atoms with Crippen LogP contribution in [0.15, 0.2) is 39.8 Å². The molecule has 0 saturated heterocycles. The third-order valence-corrected chi connectivity index (χ3v) is 5.38. The van der Waals surface area contributed by atoms with Gasteiger partial charge in [0.2, 0.25) is 5.71 Å². The van der Waals surface area contributed by atoms with Crippen LogP contribution in [-0.2, 0) is 6.42 Å². The number of carbonyl (C=O) groups is 1. The quantitative estimate of drug-likeness (QED) is 0.751. The van der Waals surface area contributed by atoms with Crippen LogP contribution in [0.2, 0.25) is 0 Å². The maximum Gasteiger partial charge on any atom is 0.265 e. The molecule has 1 fully saturated rings. The molecule has 0 unspecified atom stereocenters. The maximum atomic E-state index is 13.1. The fraction of sp³-hybridized carbons (Fsp3) is 0.381. The second-order valence-electron chi connectivity index (χ2n) is 7.11. The van der Waals surface area contributed by atoms with Crippen LogP contribution < -0.4 is 10.9 Å². The van der Waals surface area contributed by atoms with Crippen molar-refractivity contribution in [3.8, 4) is 0 Å². The van der Waals surface area contributed by atoms with Crippen LogP contribution in [0.4, 0.5) is 5.69 Å². The molecular formula is C21H23N3O3. The van der Waals surface area contributed by atoms with Gasteiger partial charge in [-0.1, -0.05) is 31.9 Å². The lowest BCUT2D eigenvalue weighted by atomic mass is 10.1. The van der Waals surface area contributed by atoms with E-state index in [0.717, 1.165) is 32.1 Å². The van der Waals surface area contributed by atoms with Gasteiger partial charge in [-0.05, 0) is 43.9 Å². The Hall–Kier alpha value is -2.89. The van der Waals surface area contributed by atoms with Crippen LogP contribution in [0, 0.1) is 6.92 Å². The van der Waals surface area contributed by atoms with Crippen molar-refractivity contribution in [1.82, 2.24) is 9.55 Å². The van der Waals surface area contributed by atoms with E-state index >= 15 is 0 Å². The average molecular weight is 365 g/mol.